The highest BCUT2D eigenvalue weighted by atomic mass is 19.2. The van der Waals surface area contributed by atoms with Crippen molar-refractivity contribution in [3.05, 3.63) is 35.1 Å². The van der Waals surface area contributed by atoms with Gasteiger partial charge in [-0.3, -0.25) is 9.63 Å². The molecular weight excluding hydrogens is 243 g/mol. The zero-order chi connectivity index (χ0) is 13.0. The zero-order valence-corrected chi connectivity index (χ0v) is 8.17. The molecule has 0 unspecified atom stereocenters. The largest absolute Gasteiger partial charge is 0.479 e. The molecule has 1 rings (SSSR count). The summed E-state index contributed by atoms with van der Waals surface area (Å²) >= 11 is 0. The lowest BCUT2D eigenvalue weighted by molar-refractivity contribution is -0.144. The van der Waals surface area contributed by atoms with Crippen LogP contribution in [0, 0.1) is 17.5 Å². The molecule has 1 aromatic rings. The second-order valence-electron chi connectivity index (χ2n) is 2.87. The molecular formula is C9H6F3NO4. The molecule has 0 aliphatic rings. The maximum absolute atomic E-state index is 12.7. The number of carbonyl (C=O) groups excluding carboxylic acids is 1. The first kappa shape index (κ1) is 13.0. The Labute approximate surface area is 92.8 Å². The monoisotopic (exact) mass is 249 g/mol. The molecule has 0 fully saturated rings. The van der Waals surface area contributed by atoms with Crippen LogP contribution in [0.25, 0.3) is 0 Å². The van der Waals surface area contributed by atoms with Crippen LogP contribution in [0.2, 0.25) is 0 Å². The van der Waals surface area contributed by atoms with Gasteiger partial charge in [-0.05, 0) is 12.1 Å². The van der Waals surface area contributed by atoms with Gasteiger partial charge in [-0.25, -0.2) is 23.4 Å². The minimum Gasteiger partial charge on any atom is -0.479 e. The van der Waals surface area contributed by atoms with Gasteiger partial charge in [-0.2, -0.15) is 0 Å². The summed E-state index contributed by atoms with van der Waals surface area (Å²) < 4.78 is 38.0. The second-order valence-corrected chi connectivity index (χ2v) is 2.87. The molecule has 0 bridgehead atoms. The van der Waals surface area contributed by atoms with E-state index in [2.05, 4.69) is 4.84 Å². The predicted molar refractivity (Wildman–Crippen MR) is 47.4 cm³/mol. The van der Waals surface area contributed by atoms with Crippen molar-refractivity contribution >= 4 is 11.9 Å². The van der Waals surface area contributed by atoms with Gasteiger partial charge >= 0.3 is 5.97 Å². The number of carbonyl (C=O) groups is 2. The summed E-state index contributed by atoms with van der Waals surface area (Å²) in [6.07, 6.45) is 0. The summed E-state index contributed by atoms with van der Waals surface area (Å²) in [4.78, 5) is 25.4. The first-order chi connectivity index (χ1) is 7.91. The summed E-state index contributed by atoms with van der Waals surface area (Å²) in [7, 11) is 0. The molecule has 0 aliphatic carbocycles. The second kappa shape index (κ2) is 5.30. The lowest BCUT2D eigenvalue weighted by atomic mass is 10.2. The number of hydrogen-bond donors (Lipinski definition) is 2. The van der Waals surface area contributed by atoms with Gasteiger partial charge in [-0.15, -0.1) is 0 Å². The summed E-state index contributed by atoms with van der Waals surface area (Å²) in [5.41, 5.74) is 1.09. The number of amides is 1. The highest BCUT2D eigenvalue weighted by molar-refractivity contribution is 5.93. The van der Waals surface area contributed by atoms with Crippen molar-refractivity contribution in [1.29, 1.82) is 0 Å². The molecule has 17 heavy (non-hydrogen) atoms. The van der Waals surface area contributed by atoms with Gasteiger partial charge in [0.25, 0.3) is 5.91 Å². The standard InChI is InChI=1S/C9H6F3NO4/c10-5-1-4(2-6(11)8(5)12)9(16)13-17-3-7(14)15/h1-2H,3H2,(H,13,16)(H,14,15). The summed E-state index contributed by atoms with van der Waals surface area (Å²) in [6.45, 7) is -0.822. The van der Waals surface area contributed by atoms with Crippen LogP contribution in [0.5, 0.6) is 0 Å². The maximum Gasteiger partial charge on any atom is 0.332 e. The SMILES string of the molecule is O=C(O)CONC(=O)c1cc(F)c(F)c(F)c1. The van der Waals surface area contributed by atoms with E-state index in [4.69, 9.17) is 5.11 Å². The van der Waals surface area contributed by atoms with Crippen LogP contribution in [-0.2, 0) is 9.63 Å². The minimum atomic E-state index is -1.70. The molecule has 0 saturated carbocycles. The molecule has 92 valence electrons. The molecule has 2 N–H and O–H groups in total. The summed E-state index contributed by atoms with van der Waals surface area (Å²) in [5.74, 6) is -7.21. The Morgan fingerprint density at radius 3 is 2.24 bits per heavy atom. The van der Waals surface area contributed by atoms with E-state index in [1.165, 1.54) is 0 Å². The van der Waals surface area contributed by atoms with Crippen molar-refractivity contribution in [1.82, 2.24) is 5.48 Å². The van der Waals surface area contributed by atoms with Gasteiger partial charge in [0, 0.05) is 5.56 Å². The van der Waals surface area contributed by atoms with E-state index in [1.807, 2.05) is 0 Å². The van der Waals surface area contributed by atoms with Crippen LogP contribution in [0.15, 0.2) is 12.1 Å². The van der Waals surface area contributed by atoms with Gasteiger partial charge < -0.3 is 5.11 Å². The molecule has 0 heterocycles. The molecule has 1 aromatic carbocycles. The minimum absolute atomic E-state index is 0.456. The van der Waals surface area contributed by atoms with Crippen LogP contribution >= 0.6 is 0 Å². The molecule has 0 atom stereocenters. The van der Waals surface area contributed by atoms with Crippen LogP contribution in [0.1, 0.15) is 10.4 Å². The number of hydrogen-bond acceptors (Lipinski definition) is 3. The smallest absolute Gasteiger partial charge is 0.332 e. The lowest BCUT2D eigenvalue weighted by Gasteiger charge is -2.04. The average Bonchev–Trinajstić information content (AvgIpc) is 2.24. The first-order valence-corrected chi connectivity index (χ1v) is 4.20. The van der Waals surface area contributed by atoms with Crippen LogP contribution < -0.4 is 5.48 Å². The number of nitrogens with one attached hydrogen (secondary N) is 1. The fraction of sp³-hybridized carbons (Fsp3) is 0.111. The van der Waals surface area contributed by atoms with Crippen molar-refractivity contribution in [2.75, 3.05) is 6.61 Å². The third-order valence-electron chi connectivity index (χ3n) is 1.61. The molecule has 0 saturated heterocycles. The van der Waals surface area contributed by atoms with Gasteiger partial charge in [-0.1, -0.05) is 0 Å². The Bertz CT molecular complexity index is 441. The van der Waals surface area contributed by atoms with Crippen LogP contribution in [0.3, 0.4) is 0 Å². The molecule has 0 radical (unpaired) electrons. The third-order valence-corrected chi connectivity index (χ3v) is 1.61. The Balaban J connectivity index is 2.73. The van der Waals surface area contributed by atoms with E-state index in [0.29, 0.717) is 12.1 Å². The van der Waals surface area contributed by atoms with Crippen molar-refractivity contribution in [2.45, 2.75) is 0 Å². The number of aliphatic carboxylic acids is 1. The number of benzene rings is 1. The topological polar surface area (TPSA) is 75.6 Å². The van der Waals surface area contributed by atoms with E-state index in [1.54, 1.807) is 5.48 Å². The molecule has 0 aliphatic heterocycles. The normalized spacial score (nSPS) is 10.1. The van der Waals surface area contributed by atoms with Crippen molar-refractivity contribution in [3.8, 4) is 0 Å². The van der Waals surface area contributed by atoms with Crippen molar-refractivity contribution < 1.29 is 32.7 Å². The number of hydroxylamine groups is 1. The van der Waals surface area contributed by atoms with Crippen molar-refractivity contribution in [3.63, 3.8) is 0 Å². The highest BCUT2D eigenvalue weighted by Crippen LogP contribution is 2.13. The number of carboxylic acid groups (broad SMARTS) is 1. The van der Waals surface area contributed by atoms with Crippen molar-refractivity contribution in [2.24, 2.45) is 0 Å². The van der Waals surface area contributed by atoms with E-state index >= 15 is 0 Å². The highest BCUT2D eigenvalue weighted by Gasteiger charge is 2.15. The molecule has 1 amide bonds. The quantitative estimate of drug-likeness (QED) is 0.612. The van der Waals surface area contributed by atoms with E-state index in [9.17, 15) is 22.8 Å². The Kier molecular flexibility index (Phi) is 4.05. The zero-order valence-electron chi connectivity index (χ0n) is 8.17. The average molecular weight is 249 g/mol. The third kappa shape index (κ3) is 3.45. The number of carboxylic acids is 1. The summed E-state index contributed by atoms with van der Waals surface area (Å²) in [5, 5.41) is 8.18. The Morgan fingerprint density at radius 1 is 1.24 bits per heavy atom. The fourth-order valence-corrected chi connectivity index (χ4v) is 0.909. The lowest BCUT2D eigenvalue weighted by Crippen LogP contribution is -2.26. The van der Waals surface area contributed by atoms with Crippen LogP contribution in [0.4, 0.5) is 13.2 Å². The van der Waals surface area contributed by atoms with Crippen LogP contribution in [-0.4, -0.2) is 23.6 Å². The van der Waals surface area contributed by atoms with E-state index in [-0.39, 0.29) is 0 Å². The number of rotatable bonds is 4. The Morgan fingerprint density at radius 2 is 1.76 bits per heavy atom. The van der Waals surface area contributed by atoms with Gasteiger partial charge in [0.1, 0.15) is 0 Å². The number of halogens is 3. The van der Waals surface area contributed by atoms with Gasteiger partial charge in [0.05, 0.1) is 0 Å². The van der Waals surface area contributed by atoms with E-state index < -0.39 is 41.5 Å². The fourth-order valence-electron chi connectivity index (χ4n) is 0.909. The predicted octanol–water partition coefficient (Wildman–Crippen LogP) is 0.850. The molecule has 0 spiro atoms. The van der Waals surface area contributed by atoms with E-state index in [0.717, 1.165) is 0 Å². The first-order valence-electron chi connectivity index (χ1n) is 4.20. The Hall–Kier alpha value is -2.09. The summed E-state index contributed by atoms with van der Waals surface area (Å²) in [6, 6.07) is 0.912. The van der Waals surface area contributed by atoms with Gasteiger partial charge in [0.15, 0.2) is 24.1 Å². The molecule has 0 aromatic heterocycles. The maximum atomic E-state index is 12.7. The molecule has 8 heteroatoms. The molecule has 5 nitrogen and oxygen atoms in total. The van der Waals surface area contributed by atoms with Gasteiger partial charge in [0.2, 0.25) is 0 Å².